The zero-order valence-corrected chi connectivity index (χ0v) is 7.08. The van der Waals surface area contributed by atoms with Gasteiger partial charge in [0.25, 0.3) is 0 Å². The molecule has 0 unspecified atom stereocenters. The molecule has 0 bridgehead atoms. The number of fused-ring (bicyclic) bond motifs is 1. The Balaban J connectivity index is 2.27. The summed E-state index contributed by atoms with van der Waals surface area (Å²) >= 11 is 1.94. The Morgan fingerprint density at radius 3 is 3.27 bits per heavy atom. The standard InChI is InChI=1S/C7H11N3S/c8-2-1-6-5-3-11-4-7(5)10-9-6/h1-4,8H2,(H,9,10). The van der Waals surface area contributed by atoms with Crippen molar-refractivity contribution in [2.45, 2.75) is 17.9 Å². The van der Waals surface area contributed by atoms with E-state index in [2.05, 4.69) is 10.2 Å². The zero-order valence-electron chi connectivity index (χ0n) is 6.26. The van der Waals surface area contributed by atoms with Gasteiger partial charge in [-0.25, -0.2) is 0 Å². The predicted molar refractivity (Wildman–Crippen MR) is 46.3 cm³/mol. The highest BCUT2D eigenvalue weighted by molar-refractivity contribution is 7.98. The number of rotatable bonds is 2. The number of hydrogen-bond donors (Lipinski definition) is 2. The highest BCUT2D eigenvalue weighted by atomic mass is 32.2. The highest BCUT2D eigenvalue weighted by Crippen LogP contribution is 2.30. The molecule has 0 saturated carbocycles. The number of hydrogen-bond acceptors (Lipinski definition) is 3. The maximum absolute atomic E-state index is 5.45. The third-order valence-electron chi connectivity index (χ3n) is 1.91. The van der Waals surface area contributed by atoms with Crippen LogP contribution < -0.4 is 5.73 Å². The van der Waals surface area contributed by atoms with Crippen molar-refractivity contribution in [3.05, 3.63) is 17.0 Å². The Labute approximate surface area is 69.7 Å². The maximum Gasteiger partial charge on any atom is 0.0678 e. The first kappa shape index (κ1) is 7.18. The highest BCUT2D eigenvalue weighted by Gasteiger charge is 2.17. The van der Waals surface area contributed by atoms with E-state index >= 15 is 0 Å². The van der Waals surface area contributed by atoms with E-state index < -0.39 is 0 Å². The van der Waals surface area contributed by atoms with Gasteiger partial charge in [0.1, 0.15) is 0 Å². The van der Waals surface area contributed by atoms with E-state index in [9.17, 15) is 0 Å². The summed E-state index contributed by atoms with van der Waals surface area (Å²) in [5, 5.41) is 7.25. The van der Waals surface area contributed by atoms with Gasteiger partial charge < -0.3 is 5.73 Å². The number of nitrogens with two attached hydrogens (primary N) is 1. The first-order chi connectivity index (χ1) is 5.42. The molecule has 1 aliphatic rings. The molecule has 0 aromatic carbocycles. The van der Waals surface area contributed by atoms with Crippen LogP contribution in [0.25, 0.3) is 0 Å². The van der Waals surface area contributed by atoms with Crippen LogP contribution in [-0.2, 0) is 17.9 Å². The molecule has 11 heavy (non-hydrogen) atoms. The van der Waals surface area contributed by atoms with Gasteiger partial charge in [0.15, 0.2) is 0 Å². The summed E-state index contributed by atoms with van der Waals surface area (Å²) in [7, 11) is 0. The van der Waals surface area contributed by atoms with Crippen molar-refractivity contribution in [2.75, 3.05) is 6.54 Å². The molecule has 0 atom stereocenters. The molecule has 0 fully saturated rings. The molecular weight excluding hydrogens is 158 g/mol. The summed E-state index contributed by atoms with van der Waals surface area (Å²) in [6, 6.07) is 0. The quantitative estimate of drug-likeness (QED) is 0.683. The fourth-order valence-corrected chi connectivity index (χ4v) is 2.42. The monoisotopic (exact) mass is 169 g/mol. The molecule has 2 rings (SSSR count). The molecule has 60 valence electrons. The molecule has 4 heteroatoms. The third-order valence-corrected chi connectivity index (χ3v) is 2.90. The van der Waals surface area contributed by atoms with Gasteiger partial charge in [-0.05, 0) is 6.54 Å². The Kier molecular flexibility index (Phi) is 1.87. The van der Waals surface area contributed by atoms with Gasteiger partial charge in [0.05, 0.1) is 5.69 Å². The second-order valence-corrected chi connectivity index (χ2v) is 3.64. The molecule has 0 spiro atoms. The molecule has 3 nitrogen and oxygen atoms in total. The number of thioether (sulfide) groups is 1. The van der Waals surface area contributed by atoms with E-state index in [0.29, 0.717) is 6.54 Å². The minimum Gasteiger partial charge on any atom is -0.330 e. The van der Waals surface area contributed by atoms with Gasteiger partial charge in [-0.2, -0.15) is 16.9 Å². The van der Waals surface area contributed by atoms with E-state index in [-0.39, 0.29) is 0 Å². The van der Waals surface area contributed by atoms with Crippen molar-refractivity contribution in [3.8, 4) is 0 Å². The molecular formula is C7H11N3S. The van der Waals surface area contributed by atoms with Gasteiger partial charge in [-0.1, -0.05) is 0 Å². The number of aromatic nitrogens is 2. The first-order valence-electron chi connectivity index (χ1n) is 3.74. The topological polar surface area (TPSA) is 54.7 Å². The minimum absolute atomic E-state index is 0.696. The molecule has 0 radical (unpaired) electrons. The van der Waals surface area contributed by atoms with Crippen LogP contribution in [0.15, 0.2) is 0 Å². The normalized spacial score (nSPS) is 15.4. The SMILES string of the molecule is NCCc1n[nH]c2c1CSC2. The van der Waals surface area contributed by atoms with Crippen molar-refractivity contribution in [3.63, 3.8) is 0 Å². The van der Waals surface area contributed by atoms with Gasteiger partial charge in [0, 0.05) is 29.2 Å². The summed E-state index contributed by atoms with van der Waals surface area (Å²) in [6.07, 6.45) is 0.909. The Morgan fingerprint density at radius 1 is 1.55 bits per heavy atom. The summed E-state index contributed by atoms with van der Waals surface area (Å²) in [4.78, 5) is 0. The van der Waals surface area contributed by atoms with Crippen LogP contribution in [-0.4, -0.2) is 16.7 Å². The minimum atomic E-state index is 0.696. The lowest BCUT2D eigenvalue weighted by Gasteiger charge is -1.93. The van der Waals surface area contributed by atoms with Crippen LogP contribution in [0.1, 0.15) is 17.0 Å². The second-order valence-electron chi connectivity index (χ2n) is 2.66. The molecule has 2 heterocycles. The molecule has 1 aliphatic heterocycles. The lowest BCUT2D eigenvalue weighted by molar-refractivity contribution is 0.890. The van der Waals surface area contributed by atoms with Crippen LogP contribution in [0.5, 0.6) is 0 Å². The second kappa shape index (κ2) is 2.87. The number of H-pyrrole nitrogens is 1. The number of nitrogens with one attached hydrogen (secondary N) is 1. The van der Waals surface area contributed by atoms with Crippen molar-refractivity contribution < 1.29 is 0 Å². The van der Waals surface area contributed by atoms with E-state index in [4.69, 9.17) is 5.73 Å². The van der Waals surface area contributed by atoms with Crippen LogP contribution >= 0.6 is 11.8 Å². The predicted octanol–water partition coefficient (Wildman–Crippen LogP) is 0.658. The Hall–Kier alpha value is -0.480. The van der Waals surface area contributed by atoms with Crippen LogP contribution in [0.3, 0.4) is 0 Å². The van der Waals surface area contributed by atoms with Crippen molar-refractivity contribution in [1.29, 1.82) is 0 Å². The molecule has 0 saturated heterocycles. The van der Waals surface area contributed by atoms with E-state index in [0.717, 1.165) is 17.9 Å². The van der Waals surface area contributed by atoms with Crippen molar-refractivity contribution in [2.24, 2.45) is 5.73 Å². The van der Waals surface area contributed by atoms with Crippen LogP contribution in [0, 0.1) is 0 Å². The molecule has 3 N–H and O–H groups in total. The Morgan fingerprint density at radius 2 is 2.45 bits per heavy atom. The average molecular weight is 169 g/mol. The maximum atomic E-state index is 5.45. The van der Waals surface area contributed by atoms with Gasteiger partial charge in [-0.15, -0.1) is 0 Å². The molecule has 0 aliphatic carbocycles. The Bertz CT molecular complexity index is 256. The van der Waals surface area contributed by atoms with Crippen molar-refractivity contribution in [1.82, 2.24) is 10.2 Å². The lowest BCUT2D eigenvalue weighted by Crippen LogP contribution is -2.04. The van der Waals surface area contributed by atoms with Crippen LogP contribution in [0.2, 0.25) is 0 Å². The van der Waals surface area contributed by atoms with Gasteiger partial charge >= 0.3 is 0 Å². The zero-order chi connectivity index (χ0) is 7.68. The summed E-state index contributed by atoms with van der Waals surface area (Å²) in [5.41, 5.74) is 9.33. The van der Waals surface area contributed by atoms with E-state index in [1.807, 2.05) is 11.8 Å². The van der Waals surface area contributed by atoms with E-state index in [1.165, 1.54) is 17.0 Å². The van der Waals surface area contributed by atoms with Gasteiger partial charge in [0.2, 0.25) is 0 Å². The summed E-state index contributed by atoms with van der Waals surface area (Å²) in [6.45, 7) is 0.696. The molecule has 1 aromatic heterocycles. The fourth-order valence-electron chi connectivity index (χ4n) is 1.33. The largest absolute Gasteiger partial charge is 0.330 e. The lowest BCUT2D eigenvalue weighted by atomic mass is 10.2. The average Bonchev–Trinajstić information content (AvgIpc) is 2.53. The third kappa shape index (κ3) is 1.16. The van der Waals surface area contributed by atoms with Crippen molar-refractivity contribution >= 4 is 11.8 Å². The fraction of sp³-hybridized carbons (Fsp3) is 0.571. The van der Waals surface area contributed by atoms with E-state index in [1.54, 1.807) is 0 Å². The summed E-state index contributed by atoms with van der Waals surface area (Å²) < 4.78 is 0. The van der Waals surface area contributed by atoms with Gasteiger partial charge in [-0.3, -0.25) is 5.10 Å². The smallest absolute Gasteiger partial charge is 0.0678 e. The van der Waals surface area contributed by atoms with Crippen LogP contribution in [0.4, 0.5) is 0 Å². The molecule has 0 amide bonds. The number of aromatic amines is 1. The number of nitrogens with zero attached hydrogens (tertiary/aromatic N) is 1. The summed E-state index contributed by atoms with van der Waals surface area (Å²) in [5.74, 6) is 2.20. The molecule has 1 aromatic rings. The first-order valence-corrected chi connectivity index (χ1v) is 4.90.